The lowest BCUT2D eigenvalue weighted by Gasteiger charge is -2.39. The Morgan fingerprint density at radius 3 is 2.78 bits per heavy atom. The van der Waals surface area contributed by atoms with E-state index in [1.807, 2.05) is 0 Å². The lowest BCUT2D eigenvalue weighted by atomic mass is 9.96. The first-order valence-electron chi connectivity index (χ1n) is 7.34. The van der Waals surface area contributed by atoms with Gasteiger partial charge in [0, 0.05) is 44.4 Å². The van der Waals surface area contributed by atoms with E-state index in [9.17, 15) is 0 Å². The molecule has 2 atom stereocenters. The monoisotopic (exact) mass is 255 g/mol. The Balaban J connectivity index is 1.94. The van der Waals surface area contributed by atoms with Crippen LogP contribution in [0.4, 0.5) is 0 Å². The van der Waals surface area contributed by atoms with Crippen molar-refractivity contribution in [1.29, 1.82) is 0 Å². The van der Waals surface area contributed by atoms with E-state index in [2.05, 4.69) is 30.7 Å². The first-order valence-corrected chi connectivity index (χ1v) is 7.34. The minimum Gasteiger partial charge on any atom is -0.377 e. The average Bonchev–Trinajstić information content (AvgIpc) is 2.97. The van der Waals surface area contributed by atoms with Gasteiger partial charge in [-0.2, -0.15) is 0 Å². The molecule has 0 aromatic carbocycles. The van der Waals surface area contributed by atoms with Crippen molar-refractivity contribution in [3.63, 3.8) is 0 Å². The van der Waals surface area contributed by atoms with Crippen molar-refractivity contribution in [2.45, 2.75) is 50.8 Å². The summed E-state index contributed by atoms with van der Waals surface area (Å²) in [4.78, 5) is 5.00. The number of ether oxygens (including phenoxy) is 1. The molecule has 0 saturated carbocycles. The van der Waals surface area contributed by atoms with Gasteiger partial charge in [-0.05, 0) is 40.2 Å². The largest absolute Gasteiger partial charge is 0.377 e. The summed E-state index contributed by atoms with van der Waals surface area (Å²) in [6.45, 7) is 9.53. The van der Waals surface area contributed by atoms with Gasteiger partial charge in [0.15, 0.2) is 0 Å². The summed E-state index contributed by atoms with van der Waals surface area (Å²) < 4.78 is 5.75. The van der Waals surface area contributed by atoms with Gasteiger partial charge in [-0.25, -0.2) is 0 Å². The van der Waals surface area contributed by atoms with Crippen LogP contribution in [0.1, 0.15) is 33.1 Å². The summed E-state index contributed by atoms with van der Waals surface area (Å²) in [5.74, 6) is 0. The van der Waals surface area contributed by atoms with E-state index in [1.54, 1.807) is 0 Å². The molecule has 0 amide bonds. The fourth-order valence-electron chi connectivity index (χ4n) is 3.25. The Hall–Kier alpha value is -0.160. The number of hydrogen-bond donors (Lipinski definition) is 1. The lowest BCUT2D eigenvalue weighted by Crippen LogP contribution is -2.56. The highest BCUT2D eigenvalue weighted by Crippen LogP contribution is 2.28. The number of nitrogens with two attached hydrogens (primary N) is 1. The molecule has 18 heavy (non-hydrogen) atoms. The minimum absolute atomic E-state index is 0.163. The maximum atomic E-state index is 6.10. The third-order valence-corrected chi connectivity index (χ3v) is 4.78. The predicted molar refractivity (Wildman–Crippen MR) is 74.7 cm³/mol. The maximum absolute atomic E-state index is 6.10. The number of likely N-dealkylation sites (tertiary alicyclic amines) is 1. The Labute approximate surface area is 111 Å². The molecule has 2 aliphatic rings. The van der Waals surface area contributed by atoms with Crippen molar-refractivity contribution >= 4 is 0 Å². The molecule has 4 nitrogen and oxygen atoms in total. The molecule has 0 aromatic rings. The van der Waals surface area contributed by atoms with Crippen molar-refractivity contribution in [2.75, 3.05) is 39.8 Å². The molecule has 0 aliphatic carbocycles. The summed E-state index contributed by atoms with van der Waals surface area (Å²) in [5, 5.41) is 0. The molecule has 106 valence electrons. The zero-order chi connectivity index (χ0) is 13.2. The van der Waals surface area contributed by atoms with E-state index in [0.717, 1.165) is 26.2 Å². The van der Waals surface area contributed by atoms with Gasteiger partial charge in [0.2, 0.25) is 0 Å². The van der Waals surface area contributed by atoms with Crippen LogP contribution in [0, 0.1) is 0 Å². The van der Waals surface area contributed by atoms with Gasteiger partial charge in [0.1, 0.15) is 0 Å². The molecule has 0 aromatic heterocycles. The third kappa shape index (κ3) is 2.87. The number of likely N-dealkylation sites (N-methyl/N-ethyl adjacent to an activating group) is 1. The number of rotatable bonds is 5. The second-order valence-electron chi connectivity index (χ2n) is 6.26. The van der Waals surface area contributed by atoms with Crippen LogP contribution in [-0.2, 0) is 4.74 Å². The van der Waals surface area contributed by atoms with Gasteiger partial charge in [0.25, 0.3) is 0 Å². The Morgan fingerprint density at radius 1 is 1.50 bits per heavy atom. The normalized spacial score (nSPS) is 34.0. The summed E-state index contributed by atoms with van der Waals surface area (Å²) >= 11 is 0. The summed E-state index contributed by atoms with van der Waals surface area (Å²) in [6, 6.07) is 0.620. The maximum Gasteiger partial charge on any atom is 0.0702 e. The molecular formula is C14H29N3O. The highest BCUT2D eigenvalue weighted by molar-refractivity contribution is 5.00. The molecule has 2 fully saturated rings. The van der Waals surface area contributed by atoms with Gasteiger partial charge in [-0.3, -0.25) is 9.80 Å². The van der Waals surface area contributed by atoms with Crippen LogP contribution < -0.4 is 5.73 Å². The molecule has 0 bridgehead atoms. The minimum atomic E-state index is 0.163. The van der Waals surface area contributed by atoms with Crippen LogP contribution >= 0.6 is 0 Å². The fraction of sp³-hybridized carbons (Fsp3) is 1.00. The Bertz CT molecular complexity index is 266. The molecule has 2 N–H and O–H groups in total. The smallest absolute Gasteiger partial charge is 0.0702 e. The summed E-state index contributed by atoms with van der Waals surface area (Å²) in [6.07, 6.45) is 4.03. The highest BCUT2D eigenvalue weighted by Gasteiger charge is 2.41. The SMILES string of the molecule is CC(C)N1CCC(CN)(N(C)CC2CCCO2)C1. The third-order valence-electron chi connectivity index (χ3n) is 4.78. The van der Waals surface area contributed by atoms with Gasteiger partial charge < -0.3 is 10.5 Å². The second kappa shape index (κ2) is 5.87. The van der Waals surface area contributed by atoms with E-state index in [-0.39, 0.29) is 5.54 Å². The van der Waals surface area contributed by atoms with Gasteiger partial charge in [-0.15, -0.1) is 0 Å². The van der Waals surface area contributed by atoms with Crippen molar-refractivity contribution in [3.8, 4) is 0 Å². The van der Waals surface area contributed by atoms with Crippen molar-refractivity contribution < 1.29 is 4.74 Å². The lowest BCUT2D eigenvalue weighted by molar-refractivity contribution is 0.0386. The molecule has 0 spiro atoms. The number of nitrogens with zero attached hydrogens (tertiary/aromatic N) is 2. The Morgan fingerprint density at radius 2 is 2.28 bits per heavy atom. The van der Waals surface area contributed by atoms with E-state index in [0.29, 0.717) is 12.1 Å². The van der Waals surface area contributed by atoms with Crippen LogP contribution in [0.25, 0.3) is 0 Å². The molecule has 2 rings (SSSR count). The molecule has 2 aliphatic heterocycles. The molecule has 2 heterocycles. The van der Waals surface area contributed by atoms with E-state index < -0.39 is 0 Å². The van der Waals surface area contributed by atoms with Crippen LogP contribution in [-0.4, -0.2) is 67.3 Å². The summed E-state index contributed by atoms with van der Waals surface area (Å²) in [5.41, 5.74) is 6.26. The first kappa shape index (κ1) is 14.3. The van der Waals surface area contributed by atoms with Crippen LogP contribution in [0.3, 0.4) is 0 Å². The first-order chi connectivity index (χ1) is 8.57. The van der Waals surface area contributed by atoms with E-state index in [4.69, 9.17) is 10.5 Å². The van der Waals surface area contributed by atoms with E-state index >= 15 is 0 Å². The van der Waals surface area contributed by atoms with Crippen LogP contribution in [0.15, 0.2) is 0 Å². The fourth-order valence-corrected chi connectivity index (χ4v) is 3.25. The van der Waals surface area contributed by atoms with Crippen LogP contribution in [0.2, 0.25) is 0 Å². The molecule has 4 heteroatoms. The zero-order valence-electron chi connectivity index (χ0n) is 12.2. The van der Waals surface area contributed by atoms with Crippen molar-refractivity contribution in [2.24, 2.45) is 5.73 Å². The average molecular weight is 255 g/mol. The molecule has 0 radical (unpaired) electrons. The number of hydrogen-bond acceptors (Lipinski definition) is 4. The summed E-state index contributed by atoms with van der Waals surface area (Å²) in [7, 11) is 2.22. The topological polar surface area (TPSA) is 41.7 Å². The van der Waals surface area contributed by atoms with Gasteiger partial charge >= 0.3 is 0 Å². The van der Waals surface area contributed by atoms with Crippen LogP contribution in [0.5, 0.6) is 0 Å². The Kier molecular flexibility index (Phi) is 4.64. The standard InChI is InChI=1S/C14H29N3O/c1-12(2)17-7-6-14(10-15,11-17)16(3)9-13-5-4-8-18-13/h12-13H,4-11,15H2,1-3H3. The zero-order valence-corrected chi connectivity index (χ0v) is 12.2. The molecule has 2 saturated heterocycles. The van der Waals surface area contributed by atoms with Crippen molar-refractivity contribution in [1.82, 2.24) is 9.80 Å². The highest BCUT2D eigenvalue weighted by atomic mass is 16.5. The molecule has 2 unspecified atom stereocenters. The van der Waals surface area contributed by atoms with Gasteiger partial charge in [0.05, 0.1) is 6.10 Å². The van der Waals surface area contributed by atoms with Gasteiger partial charge in [-0.1, -0.05) is 0 Å². The second-order valence-corrected chi connectivity index (χ2v) is 6.26. The van der Waals surface area contributed by atoms with E-state index in [1.165, 1.54) is 25.8 Å². The molecular weight excluding hydrogens is 226 g/mol. The van der Waals surface area contributed by atoms with Crippen molar-refractivity contribution in [3.05, 3.63) is 0 Å². The predicted octanol–water partition coefficient (Wildman–Crippen LogP) is 0.909. The quantitative estimate of drug-likeness (QED) is 0.793.